The van der Waals surface area contributed by atoms with Crippen LogP contribution in [0.25, 0.3) is 0 Å². The Bertz CT molecular complexity index is 873. The number of aromatic nitrogens is 1. The molecule has 1 N–H and O–H groups in total. The molecule has 1 amide bonds. The van der Waals surface area contributed by atoms with Crippen LogP contribution in [0.1, 0.15) is 15.9 Å². The van der Waals surface area contributed by atoms with Crippen LogP contribution in [0.3, 0.4) is 0 Å². The molecular formula is C14H10F4N2O3S. The van der Waals surface area contributed by atoms with Gasteiger partial charge in [0.15, 0.2) is 21.5 Å². The Labute approximate surface area is 134 Å². The van der Waals surface area contributed by atoms with Crippen LogP contribution in [0.15, 0.2) is 29.2 Å². The topological polar surface area (TPSA) is 76.1 Å². The summed E-state index contributed by atoms with van der Waals surface area (Å²) in [6, 6.07) is 5.59. The van der Waals surface area contributed by atoms with Gasteiger partial charge in [-0.05, 0) is 19.1 Å². The zero-order chi connectivity index (χ0) is 18.1. The molecule has 0 fully saturated rings. The molecule has 5 nitrogen and oxygen atoms in total. The maximum atomic E-state index is 13.4. The van der Waals surface area contributed by atoms with Gasteiger partial charge in [-0.25, -0.2) is 17.2 Å². The van der Waals surface area contributed by atoms with Crippen LogP contribution >= 0.6 is 0 Å². The summed E-state index contributed by atoms with van der Waals surface area (Å²) >= 11 is 0. The fraction of sp³-hybridized carbons (Fsp3) is 0.143. The number of sulfone groups is 1. The molecular weight excluding hydrogens is 352 g/mol. The first-order chi connectivity index (χ1) is 11.1. The number of halogens is 4. The van der Waals surface area contributed by atoms with E-state index in [4.69, 9.17) is 0 Å². The van der Waals surface area contributed by atoms with E-state index in [0.29, 0.717) is 0 Å². The van der Waals surface area contributed by atoms with E-state index < -0.39 is 50.7 Å². The highest BCUT2D eigenvalue weighted by molar-refractivity contribution is 7.91. The summed E-state index contributed by atoms with van der Waals surface area (Å²) in [5.41, 5.74) is -0.788. The minimum absolute atomic E-state index is 0.138. The normalized spacial score (nSPS) is 11.4. The number of nitrogens with zero attached hydrogens (tertiary/aromatic N) is 1. The number of aryl methyl sites for hydroxylation is 1. The van der Waals surface area contributed by atoms with Gasteiger partial charge in [-0.3, -0.25) is 4.79 Å². The maximum Gasteiger partial charge on any atom is 0.258 e. The molecule has 0 saturated heterocycles. The molecule has 0 atom stereocenters. The zero-order valence-electron chi connectivity index (χ0n) is 12.1. The SMILES string of the molecule is Cc1ccc(S(=O)(=O)CNC(=O)c2c(F)c(F)nc(F)c2F)cc1. The lowest BCUT2D eigenvalue weighted by Gasteiger charge is -2.09. The van der Waals surface area contributed by atoms with Crippen molar-refractivity contribution in [2.24, 2.45) is 0 Å². The smallest absolute Gasteiger partial charge is 0.258 e. The summed E-state index contributed by atoms with van der Waals surface area (Å²) in [5, 5.41) is 1.72. The Morgan fingerprint density at radius 2 is 1.54 bits per heavy atom. The molecule has 0 unspecified atom stereocenters. The van der Waals surface area contributed by atoms with Gasteiger partial charge < -0.3 is 5.32 Å². The van der Waals surface area contributed by atoms with Crippen molar-refractivity contribution in [2.75, 3.05) is 5.88 Å². The van der Waals surface area contributed by atoms with Gasteiger partial charge in [0.2, 0.25) is 0 Å². The molecule has 1 aromatic carbocycles. The van der Waals surface area contributed by atoms with Crippen LogP contribution in [-0.4, -0.2) is 25.2 Å². The third-order valence-electron chi connectivity index (χ3n) is 3.03. The summed E-state index contributed by atoms with van der Waals surface area (Å²) in [7, 11) is -4.01. The molecule has 0 radical (unpaired) electrons. The second-order valence-corrected chi connectivity index (χ2v) is 6.76. The summed E-state index contributed by atoms with van der Waals surface area (Å²) < 4.78 is 76.8. The van der Waals surface area contributed by atoms with Gasteiger partial charge in [-0.15, -0.1) is 0 Å². The van der Waals surface area contributed by atoms with E-state index >= 15 is 0 Å². The van der Waals surface area contributed by atoms with E-state index in [1.54, 1.807) is 12.2 Å². The molecule has 1 aromatic heterocycles. The minimum atomic E-state index is -4.01. The number of pyridine rings is 1. The quantitative estimate of drug-likeness (QED) is 0.668. The highest BCUT2D eigenvalue weighted by atomic mass is 32.2. The molecule has 0 saturated carbocycles. The number of rotatable bonds is 4. The molecule has 2 aromatic rings. The van der Waals surface area contributed by atoms with E-state index in [-0.39, 0.29) is 4.90 Å². The van der Waals surface area contributed by atoms with Crippen molar-refractivity contribution < 1.29 is 30.8 Å². The third-order valence-corrected chi connectivity index (χ3v) is 4.54. The molecule has 0 aliphatic heterocycles. The first-order valence-electron chi connectivity index (χ1n) is 6.41. The lowest BCUT2D eigenvalue weighted by atomic mass is 10.2. The summed E-state index contributed by atoms with van der Waals surface area (Å²) in [4.78, 5) is 13.9. The average Bonchev–Trinajstić information content (AvgIpc) is 2.52. The lowest BCUT2D eigenvalue weighted by Crippen LogP contribution is -2.31. The van der Waals surface area contributed by atoms with Gasteiger partial charge in [-0.2, -0.15) is 13.8 Å². The summed E-state index contributed by atoms with van der Waals surface area (Å²) in [5.74, 6) is -10.7. The monoisotopic (exact) mass is 362 g/mol. The van der Waals surface area contributed by atoms with Crippen LogP contribution in [0.4, 0.5) is 17.6 Å². The van der Waals surface area contributed by atoms with Crippen LogP contribution in [0.2, 0.25) is 0 Å². The molecule has 2 rings (SSSR count). The molecule has 1 heterocycles. The largest absolute Gasteiger partial charge is 0.337 e. The van der Waals surface area contributed by atoms with E-state index in [1.165, 1.54) is 24.3 Å². The zero-order valence-corrected chi connectivity index (χ0v) is 12.9. The van der Waals surface area contributed by atoms with Crippen LogP contribution in [0, 0.1) is 30.5 Å². The molecule has 24 heavy (non-hydrogen) atoms. The first-order valence-corrected chi connectivity index (χ1v) is 8.06. The van der Waals surface area contributed by atoms with E-state index in [0.717, 1.165) is 5.56 Å². The molecule has 0 aliphatic rings. The van der Waals surface area contributed by atoms with Gasteiger partial charge in [0.1, 0.15) is 11.4 Å². The summed E-state index contributed by atoms with van der Waals surface area (Å²) in [6.07, 6.45) is 0. The second kappa shape index (κ2) is 6.56. The number of carbonyl (C=O) groups is 1. The van der Waals surface area contributed by atoms with Gasteiger partial charge in [-0.1, -0.05) is 17.7 Å². The number of hydrogen-bond donors (Lipinski definition) is 1. The van der Waals surface area contributed by atoms with Gasteiger partial charge in [0.25, 0.3) is 17.8 Å². The summed E-state index contributed by atoms with van der Waals surface area (Å²) in [6.45, 7) is 1.73. The number of nitrogens with one attached hydrogen (secondary N) is 1. The Morgan fingerprint density at radius 3 is 2.04 bits per heavy atom. The number of hydrogen-bond acceptors (Lipinski definition) is 4. The van der Waals surface area contributed by atoms with Gasteiger partial charge in [0, 0.05) is 0 Å². The standard InChI is InChI=1S/C14H10F4N2O3S/c1-7-2-4-8(5-3-7)24(22,23)6-19-14(21)9-10(15)12(17)20-13(18)11(9)16/h2-5H,6H2,1H3,(H,19,21). The number of amides is 1. The minimum Gasteiger partial charge on any atom is -0.337 e. The van der Waals surface area contributed by atoms with Crippen molar-refractivity contribution in [3.63, 3.8) is 0 Å². The molecule has 128 valence electrons. The van der Waals surface area contributed by atoms with Crippen LogP contribution in [0.5, 0.6) is 0 Å². The van der Waals surface area contributed by atoms with E-state index in [2.05, 4.69) is 4.98 Å². The van der Waals surface area contributed by atoms with Crippen molar-refractivity contribution in [3.05, 3.63) is 58.9 Å². The maximum absolute atomic E-state index is 13.4. The Hall–Kier alpha value is -2.49. The fourth-order valence-electron chi connectivity index (χ4n) is 1.76. The Balaban J connectivity index is 2.24. The average molecular weight is 362 g/mol. The fourth-order valence-corrected chi connectivity index (χ4v) is 2.80. The second-order valence-electron chi connectivity index (χ2n) is 4.77. The van der Waals surface area contributed by atoms with Crippen molar-refractivity contribution >= 4 is 15.7 Å². The van der Waals surface area contributed by atoms with Crippen LogP contribution in [-0.2, 0) is 9.84 Å². The van der Waals surface area contributed by atoms with Crippen molar-refractivity contribution in [1.82, 2.24) is 10.3 Å². The Kier molecular flexibility index (Phi) is 4.88. The predicted octanol–water partition coefficient (Wildman–Crippen LogP) is 2.11. The molecule has 0 aliphatic carbocycles. The molecule has 10 heteroatoms. The van der Waals surface area contributed by atoms with E-state index in [9.17, 15) is 30.8 Å². The van der Waals surface area contributed by atoms with Crippen LogP contribution < -0.4 is 5.32 Å². The molecule has 0 spiro atoms. The highest BCUT2D eigenvalue weighted by Gasteiger charge is 2.27. The Morgan fingerprint density at radius 1 is 1.04 bits per heavy atom. The van der Waals surface area contributed by atoms with Gasteiger partial charge >= 0.3 is 0 Å². The van der Waals surface area contributed by atoms with Crippen molar-refractivity contribution in [3.8, 4) is 0 Å². The highest BCUT2D eigenvalue weighted by Crippen LogP contribution is 2.17. The number of benzene rings is 1. The van der Waals surface area contributed by atoms with Gasteiger partial charge in [0.05, 0.1) is 4.90 Å². The number of carbonyl (C=O) groups excluding carboxylic acids is 1. The first kappa shape index (κ1) is 17.9. The predicted molar refractivity (Wildman–Crippen MR) is 74.8 cm³/mol. The third kappa shape index (κ3) is 3.53. The van der Waals surface area contributed by atoms with E-state index in [1.807, 2.05) is 0 Å². The van der Waals surface area contributed by atoms with Crippen molar-refractivity contribution in [1.29, 1.82) is 0 Å². The molecule has 0 bridgehead atoms. The lowest BCUT2D eigenvalue weighted by molar-refractivity contribution is 0.0948. The van der Waals surface area contributed by atoms with Crippen molar-refractivity contribution in [2.45, 2.75) is 11.8 Å².